The molecule has 4 rings (SSSR count). The van der Waals surface area contributed by atoms with Gasteiger partial charge in [0, 0.05) is 31.1 Å². The van der Waals surface area contributed by atoms with Crippen LogP contribution in [0.2, 0.25) is 0 Å². The molecule has 3 aromatic heterocycles. The van der Waals surface area contributed by atoms with E-state index in [4.69, 9.17) is 4.52 Å². The Morgan fingerprint density at radius 3 is 2.87 bits per heavy atom. The Morgan fingerprint density at radius 2 is 2.09 bits per heavy atom. The van der Waals surface area contributed by atoms with E-state index in [1.54, 1.807) is 0 Å². The second kappa shape index (κ2) is 5.42. The summed E-state index contributed by atoms with van der Waals surface area (Å²) in [6.45, 7) is 7.71. The maximum absolute atomic E-state index is 5.13. The topological polar surface area (TPSA) is 72.3 Å². The van der Waals surface area contributed by atoms with Gasteiger partial charge in [0.05, 0.1) is 11.7 Å². The van der Waals surface area contributed by atoms with Gasteiger partial charge in [0.1, 0.15) is 0 Å². The van der Waals surface area contributed by atoms with Crippen LogP contribution >= 0.6 is 0 Å². The van der Waals surface area contributed by atoms with E-state index < -0.39 is 0 Å². The van der Waals surface area contributed by atoms with Crippen molar-refractivity contribution in [2.24, 2.45) is 0 Å². The molecule has 0 saturated carbocycles. The molecule has 0 aliphatic carbocycles. The SMILES string of the molecule is Cc1cc(C)n2cc(CN3CCCC3c3noc(C)n3)nc2n1. The van der Waals surface area contributed by atoms with E-state index in [0.717, 1.165) is 54.6 Å². The summed E-state index contributed by atoms with van der Waals surface area (Å²) in [6.07, 6.45) is 4.28. The lowest BCUT2D eigenvalue weighted by atomic mass is 10.2. The Bertz CT molecular complexity index is 851. The molecule has 0 amide bonds. The van der Waals surface area contributed by atoms with E-state index in [2.05, 4.69) is 44.2 Å². The highest BCUT2D eigenvalue weighted by atomic mass is 16.5. The average Bonchev–Trinajstić information content (AvgIpc) is 3.18. The summed E-state index contributed by atoms with van der Waals surface area (Å²) in [4.78, 5) is 15.9. The molecule has 0 radical (unpaired) electrons. The third-order valence-electron chi connectivity index (χ3n) is 4.38. The second-order valence-corrected chi connectivity index (χ2v) is 6.24. The number of hydrogen-bond donors (Lipinski definition) is 0. The number of imidazole rings is 1. The van der Waals surface area contributed by atoms with Gasteiger partial charge in [0.15, 0.2) is 5.82 Å². The van der Waals surface area contributed by atoms with Gasteiger partial charge in [-0.2, -0.15) is 4.98 Å². The van der Waals surface area contributed by atoms with E-state index in [9.17, 15) is 0 Å². The summed E-state index contributed by atoms with van der Waals surface area (Å²) in [6, 6.07) is 2.28. The molecule has 3 aromatic rings. The van der Waals surface area contributed by atoms with Crippen LogP contribution in [0, 0.1) is 20.8 Å². The predicted molar refractivity (Wildman–Crippen MR) is 83.9 cm³/mol. The van der Waals surface area contributed by atoms with Crippen molar-refractivity contribution in [2.45, 2.75) is 46.2 Å². The van der Waals surface area contributed by atoms with Crippen LogP contribution < -0.4 is 0 Å². The van der Waals surface area contributed by atoms with Crippen LogP contribution in [-0.2, 0) is 6.54 Å². The molecule has 1 aliphatic heterocycles. The molecule has 4 heterocycles. The van der Waals surface area contributed by atoms with Gasteiger partial charge in [-0.25, -0.2) is 9.97 Å². The van der Waals surface area contributed by atoms with Gasteiger partial charge in [-0.1, -0.05) is 5.16 Å². The van der Waals surface area contributed by atoms with Crippen LogP contribution in [0.15, 0.2) is 16.8 Å². The monoisotopic (exact) mass is 312 g/mol. The predicted octanol–water partition coefficient (Wildman–Crippen LogP) is 2.37. The molecule has 1 saturated heterocycles. The minimum atomic E-state index is 0.216. The molecule has 0 spiro atoms. The second-order valence-electron chi connectivity index (χ2n) is 6.24. The highest BCUT2D eigenvalue weighted by molar-refractivity contribution is 5.34. The van der Waals surface area contributed by atoms with Crippen molar-refractivity contribution in [1.29, 1.82) is 0 Å². The van der Waals surface area contributed by atoms with Crippen LogP contribution in [0.25, 0.3) is 5.78 Å². The van der Waals surface area contributed by atoms with Crippen molar-refractivity contribution in [3.05, 3.63) is 41.1 Å². The van der Waals surface area contributed by atoms with Gasteiger partial charge >= 0.3 is 0 Å². The molecular weight excluding hydrogens is 292 g/mol. The van der Waals surface area contributed by atoms with Gasteiger partial charge < -0.3 is 4.52 Å². The minimum absolute atomic E-state index is 0.216. The van der Waals surface area contributed by atoms with E-state index in [-0.39, 0.29) is 6.04 Å². The number of nitrogens with zero attached hydrogens (tertiary/aromatic N) is 6. The Hall–Kier alpha value is -2.28. The van der Waals surface area contributed by atoms with Crippen molar-refractivity contribution in [3.8, 4) is 0 Å². The number of fused-ring (bicyclic) bond motifs is 1. The maximum Gasteiger partial charge on any atom is 0.234 e. The van der Waals surface area contributed by atoms with Gasteiger partial charge in [0.25, 0.3) is 0 Å². The number of hydrogen-bond acceptors (Lipinski definition) is 6. The molecule has 1 aliphatic rings. The molecule has 23 heavy (non-hydrogen) atoms. The van der Waals surface area contributed by atoms with Crippen molar-refractivity contribution >= 4 is 5.78 Å². The number of aromatic nitrogens is 5. The minimum Gasteiger partial charge on any atom is -0.340 e. The zero-order chi connectivity index (χ0) is 16.0. The molecule has 0 N–H and O–H groups in total. The summed E-state index contributed by atoms with van der Waals surface area (Å²) in [5.74, 6) is 2.17. The van der Waals surface area contributed by atoms with Crippen molar-refractivity contribution in [2.75, 3.05) is 6.54 Å². The number of rotatable bonds is 3. The molecule has 7 nitrogen and oxygen atoms in total. The van der Waals surface area contributed by atoms with Gasteiger partial charge in [0.2, 0.25) is 11.7 Å². The van der Waals surface area contributed by atoms with Crippen molar-refractivity contribution in [3.63, 3.8) is 0 Å². The Labute approximate surface area is 134 Å². The molecule has 0 bridgehead atoms. The van der Waals surface area contributed by atoms with Crippen LogP contribution in [-0.4, -0.2) is 36.0 Å². The molecular formula is C16H20N6O. The third-order valence-corrected chi connectivity index (χ3v) is 4.38. The summed E-state index contributed by atoms with van der Waals surface area (Å²) >= 11 is 0. The van der Waals surface area contributed by atoms with Crippen molar-refractivity contribution < 1.29 is 4.52 Å². The highest BCUT2D eigenvalue weighted by Crippen LogP contribution is 2.31. The highest BCUT2D eigenvalue weighted by Gasteiger charge is 2.30. The smallest absolute Gasteiger partial charge is 0.234 e. The summed E-state index contributed by atoms with van der Waals surface area (Å²) in [5.41, 5.74) is 3.17. The van der Waals surface area contributed by atoms with Crippen LogP contribution in [0.3, 0.4) is 0 Å². The van der Waals surface area contributed by atoms with Gasteiger partial charge in [-0.15, -0.1) is 0 Å². The lowest BCUT2D eigenvalue weighted by molar-refractivity contribution is 0.232. The van der Waals surface area contributed by atoms with Crippen LogP contribution in [0.5, 0.6) is 0 Å². The fourth-order valence-corrected chi connectivity index (χ4v) is 3.36. The first-order valence-corrected chi connectivity index (χ1v) is 7.96. The first-order chi connectivity index (χ1) is 11.1. The van der Waals surface area contributed by atoms with Crippen LogP contribution in [0.1, 0.15) is 47.7 Å². The largest absolute Gasteiger partial charge is 0.340 e. The fraction of sp³-hybridized carbons (Fsp3) is 0.500. The molecule has 120 valence electrons. The molecule has 1 atom stereocenters. The standard InChI is InChI=1S/C16H20N6O/c1-10-7-11(2)22-9-13(19-16(22)17-10)8-21-6-4-5-14(21)15-18-12(3)23-20-15/h7,9,14H,4-6,8H2,1-3H3. The van der Waals surface area contributed by atoms with E-state index in [0.29, 0.717) is 5.89 Å². The lowest BCUT2D eigenvalue weighted by Crippen LogP contribution is -2.23. The molecule has 0 aromatic carbocycles. The van der Waals surface area contributed by atoms with E-state index in [1.807, 2.05) is 18.2 Å². The normalized spacial score (nSPS) is 19.0. The summed E-state index contributed by atoms with van der Waals surface area (Å²) < 4.78 is 7.18. The molecule has 7 heteroatoms. The number of likely N-dealkylation sites (tertiary alicyclic amines) is 1. The van der Waals surface area contributed by atoms with E-state index >= 15 is 0 Å². The zero-order valence-corrected chi connectivity index (χ0v) is 13.7. The molecule has 1 unspecified atom stereocenters. The Balaban J connectivity index is 1.61. The Morgan fingerprint density at radius 1 is 1.22 bits per heavy atom. The number of aryl methyl sites for hydroxylation is 3. The first kappa shape index (κ1) is 14.3. The quantitative estimate of drug-likeness (QED) is 0.739. The maximum atomic E-state index is 5.13. The van der Waals surface area contributed by atoms with E-state index in [1.165, 1.54) is 0 Å². The Kier molecular flexibility index (Phi) is 3.37. The summed E-state index contributed by atoms with van der Waals surface area (Å²) in [7, 11) is 0. The summed E-state index contributed by atoms with van der Waals surface area (Å²) in [5, 5.41) is 4.09. The first-order valence-electron chi connectivity index (χ1n) is 7.96. The third kappa shape index (κ3) is 2.61. The zero-order valence-electron chi connectivity index (χ0n) is 13.7. The molecule has 1 fully saturated rings. The average molecular weight is 312 g/mol. The van der Waals surface area contributed by atoms with Gasteiger partial charge in [-0.05, 0) is 39.3 Å². The van der Waals surface area contributed by atoms with Crippen LogP contribution in [0.4, 0.5) is 0 Å². The lowest BCUT2D eigenvalue weighted by Gasteiger charge is -2.20. The fourth-order valence-electron chi connectivity index (χ4n) is 3.36. The van der Waals surface area contributed by atoms with Gasteiger partial charge in [-0.3, -0.25) is 9.30 Å². The van der Waals surface area contributed by atoms with Crippen molar-refractivity contribution in [1.82, 2.24) is 29.4 Å².